The first-order valence-corrected chi connectivity index (χ1v) is 6.46. The van der Waals surface area contributed by atoms with Gasteiger partial charge in [-0.05, 0) is 23.6 Å². The van der Waals surface area contributed by atoms with Crippen LogP contribution in [0.2, 0.25) is 0 Å². The highest BCUT2D eigenvalue weighted by Crippen LogP contribution is 2.20. The molecule has 0 aliphatic rings. The second kappa shape index (κ2) is 4.22. The van der Waals surface area contributed by atoms with Crippen LogP contribution in [0.3, 0.4) is 0 Å². The third-order valence-electron chi connectivity index (χ3n) is 2.84. The van der Waals surface area contributed by atoms with Gasteiger partial charge in [0, 0.05) is 23.2 Å². The zero-order chi connectivity index (χ0) is 11.7. The van der Waals surface area contributed by atoms with Crippen molar-refractivity contribution in [2.24, 2.45) is 0 Å². The van der Waals surface area contributed by atoms with Crippen molar-refractivity contribution in [1.29, 1.82) is 0 Å². The molecule has 1 aromatic carbocycles. The largest absolute Gasteiger partial charge is 0.382 e. The molecule has 86 valence electrons. The average molecular weight is 243 g/mol. The lowest BCUT2D eigenvalue weighted by Crippen LogP contribution is -2.02. The second-order valence-corrected chi connectivity index (χ2v) is 4.99. The molecule has 0 fully saturated rings. The van der Waals surface area contributed by atoms with Crippen LogP contribution in [0.15, 0.2) is 41.8 Å². The van der Waals surface area contributed by atoms with Gasteiger partial charge in [0.05, 0.1) is 5.52 Å². The van der Waals surface area contributed by atoms with E-state index in [0.29, 0.717) is 5.82 Å². The number of rotatable bonds is 3. The molecule has 2 heterocycles. The fraction of sp³-hybridized carbons (Fsp3) is 0.154. The lowest BCUT2D eigenvalue weighted by molar-refractivity contribution is 0.642. The molecular weight excluding hydrogens is 230 g/mol. The van der Waals surface area contributed by atoms with Gasteiger partial charge < -0.3 is 5.73 Å². The number of aryl methyl sites for hydroxylation is 2. The molecular formula is C13H13N3S. The molecule has 0 atom stereocenters. The first-order chi connectivity index (χ1) is 8.34. The summed E-state index contributed by atoms with van der Waals surface area (Å²) in [5.41, 5.74) is 7.01. The van der Waals surface area contributed by atoms with Crippen molar-refractivity contribution in [3.05, 3.63) is 46.7 Å². The Kier molecular flexibility index (Phi) is 2.57. The summed E-state index contributed by atoms with van der Waals surface area (Å²) < 4.78 is 1.99. The van der Waals surface area contributed by atoms with Crippen LogP contribution in [0.1, 0.15) is 4.88 Å². The van der Waals surface area contributed by atoms with Crippen LogP contribution in [0.25, 0.3) is 10.9 Å². The van der Waals surface area contributed by atoms with E-state index in [0.717, 1.165) is 23.9 Å². The summed E-state index contributed by atoms with van der Waals surface area (Å²) in [6, 6.07) is 12.3. The van der Waals surface area contributed by atoms with E-state index in [1.807, 2.05) is 22.9 Å². The quantitative estimate of drug-likeness (QED) is 0.768. The van der Waals surface area contributed by atoms with Crippen LogP contribution in [0, 0.1) is 0 Å². The van der Waals surface area contributed by atoms with Gasteiger partial charge in [-0.3, -0.25) is 4.68 Å². The number of fused-ring (bicyclic) bond motifs is 1. The van der Waals surface area contributed by atoms with Crippen LogP contribution in [-0.2, 0) is 13.0 Å². The minimum atomic E-state index is 0.617. The minimum Gasteiger partial charge on any atom is -0.382 e. The predicted molar refractivity (Wildman–Crippen MR) is 72.2 cm³/mol. The Morgan fingerprint density at radius 1 is 1.18 bits per heavy atom. The van der Waals surface area contributed by atoms with Gasteiger partial charge in [-0.25, -0.2) is 0 Å². The number of nitrogens with two attached hydrogens (primary N) is 1. The van der Waals surface area contributed by atoms with Crippen LogP contribution in [0.5, 0.6) is 0 Å². The topological polar surface area (TPSA) is 43.8 Å². The van der Waals surface area contributed by atoms with E-state index in [1.54, 1.807) is 11.3 Å². The van der Waals surface area contributed by atoms with Gasteiger partial charge in [0.15, 0.2) is 5.82 Å². The van der Waals surface area contributed by atoms with Gasteiger partial charge in [-0.2, -0.15) is 5.10 Å². The van der Waals surface area contributed by atoms with Crippen molar-refractivity contribution >= 4 is 28.1 Å². The van der Waals surface area contributed by atoms with Crippen molar-refractivity contribution in [1.82, 2.24) is 9.78 Å². The molecule has 0 unspecified atom stereocenters. The maximum absolute atomic E-state index is 5.90. The number of nitrogens with zero attached hydrogens (tertiary/aromatic N) is 2. The van der Waals surface area contributed by atoms with E-state index in [9.17, 15) is 0 Å². The molecule has 3 aromatic rings. The molecule has 3 rings (SSSR count). The molecule has 3 nitrogen and oxygen atoms in total. The molecule has 0 saturated heterocycles. The average Bonchev–Trinajstić information content (AvgIpc) is 2.96. The normalized spacial score (nSPS) is 11.1. The third-order valence-corrected chi connectivity index (χ3v) is 3.77. The van der Waals surface area contributed by atoms with Gasteiger partial charge in [0.25, 0.3) is 0 Å². The number of hydrogen-bond donors (Lipinski definition) is 1. The lowest BCUT2D eigenvalue weighted by atomic mass is 10.2. The SMILES string of the molecule is Nc1nn(CCc2cccs2)c2ccccc12. The maximum atomic E-state index is 5.90. The fourth-order valence-electron chi connectivity index (χ4n) is 1.99. The molecule has 0 radical (unpaired) electrons. The molecule has 17 heavy (non-hydrogen) atoms. The van der Waals surface area contributed by atoms with E-state index in [4.69, 9.17) is 5.73 Å². The molecule has 0 spiro atoms. The van der Waals surface area contributed by atoms with Crippen molar-refractivity contribution in [3.8, 4) is 0 Å². The van der Waals surface area contributed by atoms with Crippen LogP contribution in [-0.4, -0.2) is 9.78 Å². The number of nitrogen functional groups attached to an aromatic ring is 1. The molecule has 2 N–H and O–H groups in total. The van der Waals surface area contributed by atoms with Gasteiger partial charge in [0.2, 0.25) is 0 Å². The van der Waals surface area contributed by atoms with Crippen molar-refractivity contribution in [3.63, 3.8) is 0 Å². The van der Waals surface area contributed by atoms with Crippen molar-refractivity contribution in [2.45, 2.75) is 13.0 Å². The first kappa shape index (κ1) is 10.4. The fourth-order valence-corrected chi connectivity index (χ4v) is 2.69. The van der Waals surface area contributed by atoms with Gasteiger partial charge in [-0.15, -0.1) is 11.3 Å². The Morgan fingerprint density at radius 2 is 2.06 bits per heavy atom. The van der Waals surface area contributed by atoms with Crippen LogP contribution >= 0.6 is 11.3 Å². The van der Waals surface area contributed by atoms with E-state index in [1.165, 1.54) is 4.88 Å². The predicted octanol–water partition coefficient (Wildman–Crippen LogP) is 2.92. The summed E-state index contributed by atoms with van der Waals surface area (Å²) in [6.45, 7) is 0.873. The van der Waals surface area contributed by atoms with E-state index >= 15 is 0 Å². The molecule has 0 aliphatic carbocycles. The number of hydrogen-bond acceptors (Lipinski definition) is 3. The van der Waals surface area contributed by atoms with Gasteiger partial charge in [-0.1, -0.05) is 18.2 Å². The Balaban J connectivity index is 1.90. The van der Waals surface area contributed by atoms with E-state index in [2.05, 4.69) is 28.7 Å². The molecule has 0 aliphatic heterocycles. The Labute approximate surface area is 103 Å². The lowest BCUT2D eigenvalue weighted by Gasteiger charge is -2.01. The summed E-state index contributed by atoms with van der Waals surface area (Å²) >= 11 is 1.78. The Morgan fingerprint density at radius 3 is 2.88 bits per heavy atom. The van der Waals surface area contributed by atoms with Gasteiger partial charge in [0.1, 0.15) is 0 Å². The first-order valence-electron chi connectivity index (χ1n) is 5.58. The van der Waals surface area contributed by atoms with Crippen LogP contribution < -0.4 is 5.73 Å². The summed E-state index contributed by atoms with van der Waals surface area (Å²) in [5.74, 6) is 0.617. The van der Waals surface area contributed by atoms with Crippen molar-refractivity contribution < 1.29 is 0 Å². The zero-order valence-corrected chi connectivity index (χ0v) is 10.2. The minimum absolute atomic E-state index is 0.617. The number of para-hydroxylation sites is 1. The smallest absolute Gasteiger partial charge is 0.153 e. The highest BCUT2D eigenvalue weighted by Gasteiger charge is 2.06. The number of benzene rings is 1. The Hall–Kier alpha value is -1.81. The van der Waals surface area contributed by atoms with E-state index in [-0.39, 0.29) is 0 Å². The van der Waals surface area contributed by atoms with E-state index < -0.39 is 0 Å². The van der Waals surface area contributed by atoms with Crippen molar-refractivity contribution in [2.75, 3.05) is 5.73 Å². The molecule has 4 heteroatoms. The Bertz CT molecular complexity index is 625. The molecule has 0 bridgehead atoms. The zero-order valence-electron chi connectivity index (χ0n) is 9.34. The molecule has 0 saturated carbocycles. The molecule has 2 aromatic heterocycles. The molecule has 0 amide bonds. The summed E-state index contributed by atoms with van der Waals surface area (Å²) in [7, 11) is 0. The summed E-state index contributed by atoms with van der Waals surface area (Å²) in [4.78, 5) is 1.38. The van der Waals surface area contributed by atoms with Gasteiger partial charge >= 0.3 is 0 Å². The highest BCUT2D eigenvalue weighted by molar-refractivity contribution is 7.09. The van der Waals surface area contributed by atoms with Crippen LogP contribution in [0.4, 0.5) is 5.82 Å². The summed E-state index contributed by atoms with van der Waals surface area (Å²) in [6.07, 6.45) is 1.00. The highest BCUT2D eigenvalue weighted by atomic mass is 32.1. The summed E-state index contributed by atoms with van der Waals surface area (Å²) in [5, 5.41) is 7.53. The third kappa shape index (κ3) is 1.91. The monoisotopic (exact) mass is 243 g/mol. The number of thiophene rings is 1. The second-order valence-electron chi connectivity index (χ2n) is 3.95. The number of anilines is 1. The number of aromatic nitrogens is 2. The maximum Gasteiger partial charge on any atom is 0.153 e. The standard InChI is InChI=1S/C13H13N3S/c14-13-11-5-1-2-6-12(11)16(15-13)8-7-10-4-3-9-17-10/h1-6,9H,7-8H2,(H2,14,15).